The summed E-state index contributed by atoms with van der Waals surface area (Å²) in [5.74, 6) is 0.909. The molecule has 1 N–H and O–H groups in total. The molecular weight excluding hydrogens is 789 g/mol. The molecule has 0 amide bonds. The summed E-state index contributed by atoms with van der Waals surface area (Å²) in [6.45, 7) is 0. The minimum Gasteiger partial charge on any atom is -0.355 e. The van der Waals surface area contributed by atoms with E-state index in [0.717, 1.165) is 89.7 Å². The van der Waals surface area contributed by atoms with Crippen LogP contribution in [0.2, 0.25) is 0 Å². The summed E-state index contributed by atoms with van der Waals surface area (Å²) in [6.07, 6.45) is 0. The first kappa shape index (κ1) is 38.0. The Morgan fingerprint density at radius 1 is 0.308 bits per heavy atom. The Hall–Kier alpha value is -8.73. The van der Waals surface area contributed by atoms with Gasteiger partial charge in [-0.1, -0.05) is 146 Å². The topological polar surface area (TPSA) is 34.8 Å². The van der Waals surface area contributed by atoms with Crippen LogP contribution in [0.1, 0.15) is 0 Å². The van der Waals surface area contributed by atoms with Gasteiger partial charge in [0.05, 0.1) is 22.1 Å². The SMILES string of the molecule is c1ccc(Nc2ccccc2-c2cccc(-c3cc(-c4cccc(-c5nc6ccccc6n5-c5ccccc5)c4)cc(-c4ccc5c(c4)c4ccccc4n5-c4ccccc4)c3)c2)cc1. The minimum absolute atomic E-state index is 0.909. The van der Waals surface area contributed by atoms with E-state index in [-0.39, 0.29) is 0 Å². The summed E-state index contributed by atoms with van der Waals surface area (Å²) < 4.78 is 4.65. The first-order valence-corrected chi connectivity index (χ1v) is 22.1. The first-order valence-electron chi connectivity index (χ1n) is 22.1. The number of benzene rings is 10. The predicted octanol–water partition coefficient (Wildman–Crippen LogP) is 16.2. The second-order valence-corrected chi connectivity index (χ2v) is 16.5. The average molecular weight is 831 g/mol. The van der Waals surface area contributed by atoms with E-state index in [2.05, 4.69) is 257 Å². The molecule has 2 heterocycles. The number of fused-ring (bicyclic) bond motifs is 4. The third-order valence-corrected chi connectivity index (χ3v) is 12.5. The Bertz CT molecular complexity index is 3680. The van der Waals surface area contributed by atoms with Crippen molar-refractivity contribution in [2.45, 2.75) is 0 Å². The molecule has 0 saturated carbocycles. The van der Waals surface area contributed by atoms with Gasteiger partial charge in [-0.05, 0) is 142 Å². The highest BCUT2D eigenvalue weighted by Crippen LogP contribution is 2.40. The zero-order valence-electron chi connectivity index (χ0n) is 35.5. The number of rotatable bonds is 9. The highest BCUT2D eigenvalue weighted by Gasteiger charge is 2.18. The largest absolute Gasteiger partial charge is 0.355 e. The molecule has 12 rings (SSSR count). The Morgan fingerprint density at radius 3 is 1.54 bits per heavy atom. The molecule has 65 heavy (non-hydrogen) atoms. The average Bonchev–Trinajstić information content (AvgIpc) is 3.94. The van der Waals surface area contributed by atoms with Gasteiger partial charge in [0, 0.05) is 44.6 Å². The lowest BCUT2D eigenvalue weighted by molar-refractivity contribution is 1.10. The normalized spacial score (nSPS) is 11.4. The van der Waals surface area contributed by atoms with Gasteiger partial charge < -0.3 is 9.88 Å². The van der Waals surface area contributed by atoms with Gasteiger partial charge in [0.2, 0.25) is 0 Å². The predicted molar refractivity (Wildman–Crippen MR) is 272 cm³/mol. The number of para-hydroxylation sites is 7. The maximum absolute atomic E-state index is 5.23. The van der Waals surface area contributed by atoms with Gasteiger partial charge >= 0.3 is 0 Å². The smallest absolute Gasteiger partial charge is 0.145 e. The molecule has 0 aliphatic rings. The second kappa shape index (κ2) is 16.2. The van der Waals surface area contributed by atoms with Crippen molar-refractivity contribution < 1.29 is 0 Å². The second-order valence-electron chi connectivity index (χ2n) is 16.5. The molecule has 0 saturated heterocycles. The van der Waals surface area contributed by atoms with E-state index in [0.29, 0.717) is 0 Å². The number of aromatic nitrogens is 3. The van der Waals surface area contributed by atoms with Crippen LogP contribution in [-0.2, 0) is 0 Å². The molecule has 2 aromatic heterocycles. The first-order chi connectivity index (χ1) is 32.2. The molecule has 0 radical (unpaired) electrons. The summed E-state index contributed by atoms with van der Waals surface area (Å²) >= 11 is 0. The summed E-state index contributed by atoms with van der Waals surface area (Å²) in [6, 6.07) is 89.0. The van der Waals surface area contributed by atoms with Crippen molar-refractivity contribution in [3.05, 3.63) is 249 Å². The zero-order chi connectivity index (χ0) is 43.1. The van der Waals surface area contributed by atoms with E-state index in [4.69, 9.17) is 4.98 Å². The van der Waals surface area contributed by atoms with Crippen LogP contribution in [0.5, 0.6) is 0 Å². The van der Waals surface area contributed by atoms with Gasteiger partial charge in [-0.15, -0.1) is 0 Å². The van der Waals surface area contributed by atoms with Crippen molar-refractivity contribution in [1.29, 1.82) is 0 Å². The summed E-state index contributed by atoms with van der Waals surface area (Å²) in [7, 11) is 0. The van der Waals surface area contributed by atoms with E-state index in [1.165, 1.54) is 21.8 Å². The third-order valence-electron chi connectivity index (χ3n) is 12.5. The standard InChI is InChI=1S/C61H42N4/c1-4-22-50(23-5-1)62-56-30-12-10-28-53(56)45-20-16-18-42(36-45)47-38-48(43-19-17-21-46(37-43)61-63-57-31-13-15-33-60(57)65(61)52-26-8-3-9-27-52)40-49(39-47)44-34-35-59-55(41-44)54-29-11-14-32-58(54)64(59)51-24-6-2-7-25-51/h1-41,62H. The molecule has 0 aliphatic heterocycles. The van der Waals surface area contributed by atoms with Gasteiger partial charge in [0.25, 0.3) is 0 Å². The fourth-order valence-corrected chi connectivity index (χ4v) is 9.42. The van der Waals surface area contributed by atoms with Gasteiger partial charge in [0.15, 0.2) is 0 Å². The molecule has 10 aromatic carbocycles. The summed E-state index contributed by atoms with van der Waals surface area (Å²) in [5, 5.41) is 6.12. The van der Waals surface area contributed by atoms with Crippen molar-refractivity contribution in [2.75, 3.05) is 5.32 Å². The van der Waals surface area contributed by atoms with E-state index in [1.54, 1.807) is 0 Å². The third kappa shape index (κ3) is 7.04. The fraction of sp³-hybridized carbons (Fsp3) is 0. The molecule has 0 unspecified atom stereocenters. The maximum Gasteiger partial charge on any atom is 0.145 e. The molecule has 4 heteroatoms. The molecule has 12 aromatic rings. The Balaban J connectivity index is 1.03. The van der Waals surface area contributed by atoms with Gasteiger partial charge in [-0.25, -0.2) is 4.98 Å². The molecular formula is C61H42N4. The summed E-state index contributed by atoms with van der Waals surface area (Å²) in [4.78, 5) is 5.23. The quantitative estimate of drug-likeness (QED) is 0.157. The molecule has 0 fully saturated rings. The Kier molecular flexibility index (Phi) is 9.46. The Morgan fingerprint density at radius 2 is 0.815 bits per heavy atom. The van der Waals surface area contributed by atoms with Crippen LogP contribution < -0.4 is 5.32 Å². The minimum atomic E-state index is 0.909. The lowest BCUT2D eigenvalue weighted by Crippen LogP contribution is -1.97. The molecule has 306 valence electrons. The van der Waals surface area contributed by atoms with Crippen molar-refractivity contribution in [1.82, 2.24) is 14.1 Å². The van der Waals surface area contributed by atoms with Gasteiger partial charge in [-0.3, -0.25) is 4.57 Å². The van der Waals surface area contributed by atoms with E-state index >= 15 is 0 Å². The van der Waals surface area contributed by atoms with Crippen LogP contribution in [0.4, 0.5) is 11.4 Å². The monoisotopic (exact) mass is 830 g/mol. The van der Waals surface area contributed by atoms with Crippen molar-refractivity contribution >= 4 is 44.2 Å². The number of anilines is 2. The van der Waals surface area contributed by atoms with E-state index in [1.807, 2.05) is 6.07 Å². The van der Waals surface area contributed by atoms with Crippen molar-refractivity contribution in [3.63, 3.8) is 0 Å². The highest BCUT2D eigenvalue weighted by molar-refractivity contribution is 6.10. The number of hydrogen-bond acceptors (Lipinski definition) is 2. The van der Waals surface area contributed by atoms with Gasteiger partial charge in [0.1, 0.15) is 5.82 Å². The van der Waals surface area contributed by atoms with Crippen LogP contribution >= 0.6 is 0 Å². The molecule has 0 aliphatic carbocycles. The Labute approximate surface area is 378 Å². The van der Waals surface area contributed by atoms with Crippen LogP contribution in [0.15, 0.2) is 249 Å². The lowest BCUT2D eigenvalue weighted by atomic mass is 9.91. The van der Waals surface area contributed by atoms with Crippen molar-refractivity contribution in [3.8, 4) is 67.3 Å². The number of hydrogen-bond donors (Lipinski definition) is 1. The molecule has 0 spiro atoms. The number of nitrogens with one attached hydrogen (secondary N) is 1. The van der Waals surface area contributed by atoms with Gasteiger partial charge in [-0.2, -0.15) is 0 Å². The van der Waals surface area contributed by atoms with Crippen LogP contribution in [0.3, 0.4) is 0 Å². The van der Waals surface area contributed by atoms with Crippen LogP contribution in [0, 0.1) is 0 Å². The van der Waals surface area contributed by atoms with E-state index < -0.39 is 0 Å². The maximum atomic E-state index is 5.23. The number of imidazole rings is 1. The molecule has 0 atom stereocenters. The fourth-order valence-electron chi connectivity index (χ4n) is 9.42. The summed E-state index contributed by atoms with van der Waals surface area (Å²) in [5.41, 5.74) is 18.9. The van der Waals surface area contributed by atoms with Crippen LogP contribution in [0.25, 0.3) is 100 Å². The highest BCUT2D eigenvalue weighted by atomic mass is 15.1. The molecule has 4 nitrogen and oxygen atoms in total. The number of nitrogens with zero attached hydrogens (tertiary/aromatic N) is 3. The van der Waals surface area contributed by atoms with Crippen LogP contribution in [-0.4, -0.2) is 14.1 Å². The zero-order valence-corrected chi connectivity index (χ0v) is 35.5. The molecule has 0 bridgehead atoms. The lowest BCUT2D eigenvalue weighted by Gasteiger charge is -2.15. The van der Waals surface area contributed by atoms with E-state index in [9.17, 15) is 0 Å². The van der Waals surface area contributed by atoms with Crippen molar-refractivity contribution in [2.24, 2.45) is 0 Å².